The number of nitrogens with one attached hydrogen (secondary N) is 1. The van der Waals surface area contributed by atoms with Crippen molar-refractivity contribution in [3.8, 4) is 0 Å². The third-order valence-corrected chi connectivity index (χ3v) is 5.36. The van der Waals surface area contributed by atoms with Crippen molar-refractivity contribution in [1.82, 2.24) is 4.90 Å². The molecular weight excluding hydrogens is 399 g/mol. The molecule has 0 spiro atoms. The fourth-order valence-corrected chi connectivity index (χ4v) is 3.66. The largest absolute Gasteiger partial charge is 0.469 e. The van der Waals surface area contributed by atoms with E-state index in [1.165, 1.54) is 19.3 Å². The maximum absolute atomic E-state index is 13.3. The molecule has 2 amide bonds. The van der Waals surface area contributed by atoms with Crippen molar-refractivity contribution in [2.45, 2.75) is 19.0 Å². The van der Waals surface area contributed by atoms with Crippen LogP contribution in [0.25, 0.3) is 0 Å². The summed E-state index contributed by atoms with van der Waals surface area (Å²) in [5.74, 6) is -5.90. The molecular formula is C19H15F5N2O3. The molecule has 2 fully saturated rings. The molecule has 10 heteroatoms. The van der Waals surface area contributed by atoms with E-state index in [1.807, 2.05) is 0 Å². The van der Waals surface area contributed by atoms with Gasteiger partial charge in [0.15, 0.2) is 0 Å². The smallest absolute Gasteiger partial charge is 0.416 e. The summed E-state index contributed by atoms with van der Waals surface area (Å²) >= 11 is 0. The second-order valence-corrected chi connectivity index (χ2v) is 7.24. The van der Waals surface area contributed by atoms with Crippen molar-refractivity contribution in [1.29, 1.82) is 0 Å². The molecule has 1 aliphatic carbocycles. The van der Waals surface area contributed by atoms with E-state index in [-0.39, 0.29) is 35.7 Å². The number of hydrogen-bond acceptors (Lipinski definition) is 3. The van der Waals surface area contributed by atoms with Crippen LogP contribution in [0.3, 0.4) is 0 Å². The first-order chi connectivity index (χ1) is 13.5. The number of anilines is 1. The summed E-state index contributed by atoms with van der Waals surface area (Å²) in [5, 5.41) is 2.32. The van der Waals surface area contributed by atoms with Gasteiger partial charge < -0.3 is 14.6 Å². The Morgan fingerprint density at radius 1 is 1.17 bits per heavy atom. The van der Waals surface area contributed by atoms with Crippen LogP contribution in [-0.4, -0.2) is 35.7 Å². The zero-order valence-corrected chi connectivity index (χ0v) is 15.0. The number of aryl methyl sites for hydroxylation is 1. The molecule has 0 radical (unpaired) electrons. The second kappa shape index (κ2) is 6.30. The first-order valence-corrected chi connectivity index (χ1v) is 8.73. The van der Waals surface area contributed by atoms with E-state index in [4.69, 9.17) is 4.42 Å². The Balaban J connectivity index is 1.60. The minimum absolute atomic E-state index is 0.136. The number of halogens is 5. The van der Waals surface area contributed by atoms with Crippen molar-refractivity contribution < 1.29 is 36.0 Å². The lowest BCUT2D eigenvalue weighted by molar-refractivity contribution is -0.137. The van der Waals surface area contributed by atoms with E-state index in [9.17, 15) is 31.5 Å². The van der Waals surface area contributed by atoms with E-state index < -0.39 is 41.3 Å². The molecule has 4 rings (SSSR count). The summed E-state index contributed by atoms with van der Waals surface area (Å²) in [6.45, 7) is 1.11. The molecule has 2 heterocycles. The number of piperidine rings is 1. The number of amides is 2. The van der Waals surface area contributed by atoms with Gasteiger partial charge in [0.05, 0.1) is 29.2 Å². The number of nitrogens with zero attached hydrogens (tertiary/aromatic N) is 1. The van der Waals surface area contributed by atoms with Gasteiger partial charge in [-0.05, 0) is 31.2 Å². The maximum Gasteiger partial charge on any atom is 0.416 e. The minimum Gasteiger partial charge on any atom is -0.469 e. The van der Waals surface area contributed by atoms with Crippen LogP contribution in [0.5, 0.6) is 0 Å². The maximum atomic E-state index is 13.3. The second-order valence-electron chi connectivity index (χ2n) is 7.24. The van der Waals surface area contributed by atoms with E-state index in [2.05, 4.69) is 5.32 Å². The average Bonchev–Trinajstić information content (AvgIpc) is 3.08. The summed E-state index contributed by atoms with van der Waals surface area (Å²) in [7, 11) is 0. The molecule has 2 aromatic rings. The van der Waals surface area contributed by atoms with Gasteiger partial charge >= 0.3 is 6.18 Å². The third-order valence-electron chi connectivity index (χ3n) is 5.36. The zero-order chi connectivity index (χ0) is 21.1. The number of likely N-dealkylation sites (tertiary alicyclic amines) is 1. The van der Waals surface area contributed by atoms with Crippen molar-refractivity contribution >= 4 is 17.5 Å². The van der Waals surface area contributed by atoms with E-state index in [1.54, 1.807) is 0 Å². The molecule has 0 bridgehead atoms. The number of benzene rings is 1. The predicted octanol–water partition coefficient (Wildman–Crippen LogP) is 4.20. The average molecular weight is 414 g/mol. The molecule has 29 heavy (non-hydrogen) atoms. The van der Waals surface area contributed by atoms with Crippen LogP contribution in [0.15, 0.2) is 34.9 Å². The van der Waals surface area contributed by atoms with Crippen molar-refractivity contribution in [2.75, 3.05) is 18.4 Å². The zero-order valence-electron chi connectivity index (χ0n) is 15.0. The van der Waals surface area contributed by atoms with Gasteiger partial charge in [0.2, 0.25) is 0 Å². The molecule has 2 aliphatic rings. The van der Waals surface area contributed by atoms with Crippen LogP contribution in [0, 0.1) is 18.8 Å². The van der Waals surface area contributed by atoms with Crippen LogP contribution in [0.1, 0.15) is 32.0 Å². The molecule has 1 aliphatic heterocycles. The van der Waals surface area contributed by atoms with Crippen LogP contribution in [0.2, 0.25) is 0 Å². The van der Waals surface area contributed by atoms with Crippen LogP contribution in [-0.2, 0) is 6.18 Å². The van der Waals surface area contributed by atoms with Gasteiger partial charge in [-0.3, -0.25) is 9.59 Å². The Kier molecular flexibility index (Phi) is 4.21. The van der Waals surface area contributed by atoms with Crippen molar-refractivity contribution in [3.63, 3.8) is 0 Å². The molecule has 1 N–H and O–H groups in total. The van der Waals surface area contributed by atoms with Crippen molar-refractivity contribution in [2.24, 2.45) is 11.8 Å². The predicted molar refractivity (Wildman–Crippen MR) is 90.7 cm³/mol. The summed E-state index contributed by atoms with van der Waals surface area (Å²) < 4.78 is 71.5. The van der Waals surface area contributed by atoms with Crippen LogP contribution >= 0.6 is 0 Å². The highest BCUT2D eigenvalue weighted by Gasteiger charge is 2.72. The van der Waals surface area contributed by atoms with Crippen LogP contribution < -0.4 is 5.32 Å². The molecule has 2 unspecified atom stereocenters. The number of alkyl halides is 5. The van der Waals surface area contributed by atoms with Crippen LogP contribution in [0.4, 0.5) is 27.6 Å². The Hall–Kier alpha value is -2.91. The normalized spacial score (nSPS) is 22.3. The highest BCUT2D eigenvalue weighted by molar-refractivity contribution is 6.05. The number of fused-ring (bicyclic) bond motifs is 1. The van der Waals surface area contributed by atoms with E-state index in [0.717, 1.165) is 11.0 Å². The lowest BCUT2D eigenvalue weighted by Crippen LogP contribution is -2.33. The van der Waals surface area contributed by atoms with Gasteiger partial charge in [0.25, 0.3) is 17.7 Å². The first-order valence-electron chi connectivity index (χ1n) is 8.73. The molecule has 1 saturated carbocycles. The summed E-state index contributed by atoms with van der Waals surface area (Å²) in [6.07, 6.45) is -3.50. The fraction of sp³-hybridized carbons (Fsp3) is 0.368. The topological polar surface area (TPSA) is 62.6 Å². The highest BCUT2D eigenvalue weighted by Crippen LogP contribution is 2.59. The van der Waals surface area contributed by atoms with Gasteiger partial charge in [-0.2, -0.15) is 13.2 Å². The lowest BCUT2D eigenvalue weighted by Gasteiger charge is -2.21. The first kappa shape index (κ1) is 19.4. The standard InChI is InChI=1S/C19H15F5N2O3/c1-9-13(2-3-29-9)16(27)25-12-5-10(4-11(6-12)19(22,23)24)17(28)26-7-14-15(8-26)18(14,20)21/h2-6,14-15H,7-8H2,1H3,(H,25,27). The van der Waals surface area contributed by atoms with E-state index >= 15 is 0 Å². The monoisotopic (exact) mass is 414 g/mol. The third kappa shape index (κ3) is 3.36. The molecule has 2 atom stereocenters. The SMILES string of the molecule is Cc1occc1C(=O)Nc1cc(C(=O)N2CC3C(C2)C3(F)F)cc(C(F)(F)F)c1. The summed E-state index contributed by atoms with van der Waals surface area (Å²) in [5.41, 5.74) is -1.55. The van der Waals surface area contributed by atoms with Gasteiger partial charge in [-0.15, -0.1) is 0 Å². The minimum atomic E-state index is -4.76. The summed E-state index contributed by atoms with van der Waals surface area (Å²) in [6, 6.07) is 3.83. The Morgan fingerprint density at radius 3 is 2.38 bits per heavy atom. The summed E-state index contributed by atoms with van der Waals surface area (Å²) in [4.78, 5) is 26.0. The molecule has 154 valence electrons. The van der Waals surface area contributed by atoms with Gasteiger partial charge in [-0.1, -0.05) is 0 Å². The quantitative estimate of drug-likeness (QED) is 0.766. The highest BCUT2D eigenvalue weighted by atomic mass is 19.4. The van der Waals surface area contributed by atoms with Gasteiger partial charge in [-0.25, -0.2) is 8.78 Å². The Labute approximate surface area is 161 Å². The lowest BCUT2D eigenvalue weighted by atomic mass is 10.1. The molecule has 1 aromatic carbocycles. The number of rotatable bonds is 3. The number of carbonyl (C=O) groups excluding carboxylic acids is 2. The van der Waals surface area contributed by atoms with Crippen molar-refractivity contribution in [3.05, 3.63) is 53.0 Å². The van der Waals surface area contributed by atoms with Gasteiger partial charge in [0, 0.05) is 24.3 Å². The molecule has 1 saturated heterocycles. The van der Waals surface area contributed by atoms with Gasteiger partial charge in [0.1, 0.15) is 5.76 Å². The Morgan fingerprint density at radius 2 is 1.83 bits per heavy atom. The fourth-order valence-electron chi connectivity index (χ4n) is 3.66. The number of carbonyl (C=O) groups is 2. The van der Waals surface area contributed by atoms with E-state index in [0.29, 0.717) is 12.1 Å². The Bertz CT molecular complexity index is 984. The molecule has 1 aromatic heterocycles. The molecule has 5 nitrogen and oxygen atoms in total. The number of furan rings is 1. The number of hydrogen-bond donors (Lipinski definition) is 1.